The van der Waals surface area contributed by atoms with Crippen molar-refractivity contribution in [1.82, 2.24) is 0 Å². The van der Waals surface area contributed by atoms with E-state index < -0.39 is 40.5 Å². The standard InChI is InChI=1S/C11H7F2NO4/c12-6-1-2-7(10(13)9(6)11(17)18)14-4-5(15)3-8(14)16/h1-2H,3-4H2,(H,17,18). The summed E-state index contributed by atoms with van der Waals surface area (Å²) in [6, 6.07) is 1.69. The molecular formula is C11H7F2NO4. The van der Waals surface area contributed by atoms with Crippen LogP contribution in [0.2, 0.25) is 0 Å². The number of hydrogen-bond acceptors (Lipinski definition) is 3. The van der Waals surface area contributed by atoms with Crippen LogP contribution < -0.4 is 4.90 Å². The Balaban J connectivity index is 2.53. The number of carboxylic acid groups (broad SMARTS) is 1. The second-order valence-corrected chi connectivity index (χ2v) is 3.76. The maximum atomic E-state index is 13.8. The van der Waals surface area contributed by atoms with E-state index in [0.717, 1.165) is 17.0 Å². The van der Waals surface area contributed by atoms with Gasteiger partial charge >= 0.3 is 5.97 Å². The van der Waals surface area contributed by atoms with Crippen LogP contribution in [0.5, 0.6) is 0 Å². The van der Waals surface area contributed by atoms with E-state index in [1.54, 1.807) is 0 Å². The molecule has 1 N–H and O–H groups in total. The largest absolute Gasteiger partial charge is 0.477 e. The number of carbonyl (C=O) groups excluding carboxylic acids is 2. The fourth-order valence-corrected chi connectivity index (χ4v) is 1.75. The van der Waals surface area contributed by atoms with Crippen molar-refractivity contribution >= 4 is 23.3 Å². The van der Waals surface area contributed by atoms with Gasteiger partial charge in [0.2, 0.25) is 5.91 Å². The van der Waals surface area contributed by atoms with Crippen molar-refractivity contribution in [2.45, 2.75) is 6.42 Å². The van der Waals surface area contributed by atoms with Crippen molar-refractivity contribution in [2.24, 2.45) is 0 Å². The summed E-state index contributed by atoms with van der Waals surface area (Å²) < 4.78 is 27.0. The third kappa shape index (κ3) is 1.83. The van der Waals surface area contributed by atoms with E-state index in [-0.39, 0.29) is 13.0 Å². The highest BCUT2D eigenvalue weighted by molar-refractivity contribution is 6.15. The van der Waals surface area contributed by atoms with Gasteiger partial charge in [0.15, 0.2) is 11.6 Å². The zero-order valence-electron chi connectivity index (χ0n) is 8.94. The molecule has 0 saturated carbocycles. The first-order valence-corrected chi connectivity index (χ1v) is 4.95. The Kier molecular flexibility index (Phi) is 2.82. The van der Waals surface area contributed by atoms with Crippen LogP contribution in [-0.4, -0.2) is 29.3 Å². The van der Waals surface area contributed by atoms with Crippen LogP contribution in [0, 0.1) is 11.6 Å². The normalized spacial score (nSPS) is 15.3. The molecule has 0 aliphatic carbocycles. The molecule has 0 spiro atoms. The van der Waals surface area contributed by atoms with Gasteiger partial charge in [-0.25, -0.2) is 13.6 Å². The highest BCUT2D eigenvalue weighted by Gasteiger charge is 2.32. The molecule has 1 heterocycles. The molecule has 1 amide bonds. The number of Topliss-reactive ketones (excluding diaryl/α,β-unsaturated/α-hetero) is 1. The topological polar surface area (TPSA) is 74.7 Å². The Labute approximate surface area is 99.6 Å². The quantitative estimate of drug-likeness (QED) is 0.799. The van der Waals surface area contributed by atoms with Gasteiger partial charge in [-0.2, -0.15) is 0 Å². The van der Waals surface area contributed by atoms with Gasteiger partial charge in [0.1, 0.15) is 11.4 Å². The zero-order valence-corrected chi connectivity index (χ0v) is 8.94. The van der Waals surface area contributed by atoms with Crippen molar-refractivity contribution in [3.63, 3.8) is 0 Å². The summed E-state index contributed by atoms with van der Waals surface area (Å²) in [7, 11) is 0. The predicted octanol–water partition coefficient (Wildman–Crippen LogP) is 0.969. The van der Waals surface area contributed by atoms with Crippen molar-refractivity contribution in [2.75, 3.05) is 11.4 Å². The lowest BCUT2D eigenvalue weighted by molar-refractivity contribution is -0.121. The summed E-state index contributed by atoms with van der Waals surface area (Å²) in [4.78, 5) is 34.0. The average Bonchev–Trinajstić information content (AvgIpc) is 2.57. The third-order valence-electron chi connectivity index (χ3n) is 2.56. The molecule has 0 atom stereocenters. The summed E-state index contributed by atoms with van der Waals surface area (Å²) in [5, 5.41) is 8.68. The first-order valence-electron chi connectivity index (χ1n) is 4.95. The minimum Gasteiger partial charge on any atom is -0.477 e. The van der Waals surface area contributed by atoms with Crippen LogP contribution in [-0.2, 0) is 9.59 Å². The lowest BCUT2D eigenvalue weighted by Gasteiger charge is -2.16. The minimum atomic E-state index is -1.77. The first kappa shape index (κ1) is 12.2. The van der Waals surface area contributed by atoms with Crippen LogP contribution in [0.3, 0.4) is 0 Å². The fraction of sp³-hybridized carbons (Fsp3) is 0.182. The Bertz CT molecular complexity index is 570. The van der Waals surface area contributed by atoms with Gasteiger partial charge in [0.05, 0.1) is 18.7 Å². The molecule has 1 aromatic carbocycles. The van der Waals surface area contributed by atoms with Crippen LogP contribution in [0.15, 0.2) is 12.1 Å². The Morgan fingerprint density at radius 3 is 2.44 bits per heavy atom. The Morgan fingerprint density at radius 2 is 1.94 bits per heavy atom. The predicted molar refractivity (Wildman–Crippen MR) is 55.3 cm³/mol. The molecule has 1 aliphatic heterocycles. The number of rotatable bonds is 2. The zero-order chi connectivity index (χ0) is 13.4. The fourth-order valence-electron chi connectivity index (χ4n) is 1.75. The van der Waals surface area contributed by atoms with Crippen molar-refractivity contribution in [3.05, 3.63) is 29.3 Å². The van der Waals surface area contributed by atoms with Crippen molar-refractivity contribution < 1.29 is 28.3 Å². The first-order chi connectivity index (χ1) is 8.41. The molecule has 94 valence electrons. The monoisotopic (exact) mass is 255 g/mol. The molecule has 0 bridgehead atoms. The molecule has 7 heteroatoms. The number of aromatic carboxylic acids is 1. The smallest absolute Gasteiger partial charge is 0.341 e. The van der Waals surface area contributed by atoms with Crippen LogP contribution >= 0.6 is 0 Å². The number of hydrogen-bond donors (Lipinski definition) is 1. The molecule has 5 nitrogen and oxygen atoms in total. The van der Waals surface area contributed by atoms with E-state index in [1.807, 2.05) is 0 Å². The van der Waals surface area contributed by atoms with Crippen molar-refractivity contribution in [3.8, 4) is 0 Å². The Morgan fingerprint density at radius 1 is 1.28 bits per heavy atom. The maximum absolute atomic E-state index is 13.8. The molecule has 1 aromatic rings. The second-order valence-electron chi connectivity index (χ2n) is 3.76. The van der Waals surface area contributed by atoms with E-state index in [1.165, 1.54) is 0 Å². The highest BCUT2D eigenvalue weighted by Crippen LogP contribution is 2.27. The number of nitrogens with zero attached hydrogens (tertiary/aromatic N) is 1. The van der Waals surface area contributed by atoms with E-state index >= 15 is 0 Å². The highest BCUT2D eigenvalue weighted by atomic mass is 19.1. The van der Waals surface area contributed by atoms with Crippen LogP contribution in [0.4, 0.5) is 14.5 Å². The lowest BCUT2D eigenvalue weighted by Crippen LogP contribution is -2.26. The molecular weight excluding hydrogens is 248 g/mol. The summed E-state index contributed by atoms with van der Waals surface area (Å²) in [6.07, 6.45) is -0.362. The lowest BCUT2D eigenvalue weighted by atomic mass is 10.1. The molecule has 0 aromatic heterocycles. The molecule has 1 fully saturated rings. The number of carbonyl (C=O) groups is 3. The number of ketones is 1. The van der Waals surface area contributed by atoms with Gasteiger partial charge in [-0.05, 0) is 12.1 Å². The summed E-state index contributed by atoms with van der Waals surface area (Å²) in [5.74, 6) is -5.40. The van der Waals surface area contributed by atoms with E-state index in [4.69, 9.17) is 5.11 Å². The molecule has 2 rings (SSSR count). The second kappa shape index (κ2) is 4.17. The SMILES string of the molecule is O=C1CC(=O)N(c2ccc(F)c(C(=O)O)c2F)C1. The van der Waals surface area contributed by atoms with Crippen LogP contribution in [0.25, 0.3) is 0 Å². The van der Waals surface area contributed by atoms with E-state index in [2.05, 4.69) is 0 Å². The summed E-state index contributed by atoms with van der Waals surface area (Å²) in [6.45, 7) is -0.333. The number of benzene rings is 1. The van der Waals surface area contributed by atoms with Gasteiger partial charge in [-0.15, -0.1) is 0 Å². The number of halogens is 2. The molecule has 1 aliphatic rings. The van der Waals surface area contributed by atoms with E-state index in [9.17, 15) is 23.2 Å². The maximum Gasteiger partial charge on any atom is 0.341 e. The third-order valence-corrected chi connectivity index (χ3v) is 2.56. The number of carboxylic acids is 1. The summed E-state index contributed by atoms with van der Waals surface area (Å²) >= 11 is 0. The van der Waals surface area contributed by atoms with Gasteiger partial charge in [0, 0.05) is 0 Å². The van der Waals surface area contributed by atoms with Gasteiger partial charge < -0.3 is 10.0 Å². The van der Waals surface area contributed by atoms with Crippen molar-refractivity contribution in [1.29, 1.82) is 0 Å². The molecule has 0 unspecified atom stereocenters. The molecule has 1 saturated heterocycles. The molecule has 0 radical (unpaired) electrons. The van der Waals surface area contributed by atoms with E-state index in [0.29, 0.717) is 0 Å². The van der Waals surface area contributed by atoms with Gasteiger partial charge in [-0.3, -0.25) is 9.59 Å². The molecule has 18 heavy (non-hydrogen) atoms. The average molecular weight is 255 g/mol. The summed E-state index contributed by atoms with van der Waals surface area (Å²) in [5.41, 5.74) is -1.54. The Hall–Kier alpha value is -2.31. The minimum absolute atomic E-state index is 0.333. The van der Waals surface area contributed by atoms with Crippen LogP contribution in [0.1, 0.15) is 16.8 Å². The van der Waals surface area contributed by atoms with Gasteiger partial charge in [0.25, 0.3) is 0 Å². The number of amides is 1. The number of anilines is 1. The van der Waals surface area contributed by atoms with Gasteiger partial charge in [-0.1, -0.05) is 0 Å².